The third-order valence-corrected chi connectivity index (χ3v) is 3.90. The minimum Gasteiger partial charge on any atom is -0.450 e. The van der Waals surface area contributed by atoms with Crippen molar-refractivity contribution >= 4 is 12.0 Å². The van der Waals surface area contributed by atoms with Crippen LogP contribution >= 0.6 is 0 Å². The average molecular weight is 299 g/mol. The summed E-state index contributed by atoms with van der Waals surface area (Å²) in [6.45, 7) is 9.52. The Morgan fingerprint density at radius 3 is 2.38 bits per heavy atom. The van der Waals surface area contributed by atoms with Crippen molar-refractivity contribution < 1.29 is 14.3 Å². The van der Waals surface area contributed by atoms with E-state index in [1.807, 2.05) is 20.8 Å². The van der Waals surface area contributed by atoms with Crippen LogP contribution in [0.5, 0.6) is 0 Å². The monoisotopic (exact) mass is 299 g/mol. The van der Waals surface area contributed by atoms with Crippen molar-refractivity contribution in [3.05, 3.63) is 0 Å². The van der Waals surface area contributed by atoms with Crippen LogP contribution in [0, 0.1) is 5.41 Å². The highest BCUT2D eigenvalue weighted by molar-refractivity contribution is 5.77. The van der Waals surface area contributed by atoms with Gasteiger partial charge in [-0.05, 0) is 25.2 Å². The molecule has 1 aliphatic rings. The van der Waals surface area contributed by atoms with Crippen molar-refractivity contribution in [2.24, 2.45) is 11.1 Å². The number of nitrogens with zero attached hydrogens (tertiary/aromatic N) is 1. The van der Waals surface area contributed by atoms with Gasteiger partial charge in [0.05, 0.1) is 6.61 Å². The Labute approximate surface area is 127 Å². The van der Waals surface area contributed by atoms with Gasteiger partial charge in [0.25, 0.3) is 0 Å². The number of nitrogens with two attached hydrogens (primary N) is 1. The number of piperidine rings is 1. The molecule has 122 valence electrons. The molecule has 1 rings (SSSR count). The summed E-state index contributed by atoms with van der Waals surface area (Å²) < 4.78 is 4.97. The van der Waals surface area contributed by atoms with Gasteiger partial charge >= 0.3 is 6.09 Å². The zero-order chi connectivity index (χ0) is 16.0. The molecule has 0 saturated carbocycles. The van der Waals surface area contributed by atoms with E-state index in [1.165, 1.54) is 0 Å². The first-order chi connectivity index (χ1) is 9.74. The third-order valence-electron chi connectivity index (χ3n) is 3.90. The van der Waals surface area contributed by atoms with Crippen LogP contribution in [0.3, 0.4) is 0 Å². The molecule has 0 aliphatic carbocycles. The standard InChI is InChI=1S/C15H29N3O3/c1-5-21-14(20)18-8-6-11(7-9-18)17-13(19)10-12(16)15(2,3)4/h11-12H,5-10,16H2,1-4H3,(H,17,19). The fourth-order valence-electron chi connectivity index (χ4n) is 2.21. The number of rotatable bonds is 4. The first kappa shape index (κ1) is 17.8. The fraction of sp³-hybridized carbons (Fsp3) is 0.867. The van der Waals surface area contributed by atoms with Gasteiger partial charge in [-0.2, -0.15) is 0 Å². The van der Waals surface area contributed by atoms with Crippen LogP contribution < -0.4 is 11.1 Å². The summed E-state index contributed by atoms with van der Waals surface area (Å²) in [5.74, 6) is -0.00740. The number of likely N-dealkylation sites (tertiary alicyclic amines) is 1. The van der Waals surface area contributed by atoms with Crippen molar-refractivity contribution in [2.45, 2.75) is 59.0 Å². The van der Waals surface area contributed by atoms with Crippen molar-refractivity contribution in [2.75, 3.05) is 19.7 Å². The number of hydrogen-bond donors (Lipinski definition) is 2. The largest absolute Gasteiger partial charge is 0.450 e. The number of nitrogens with one attached hydrogen (secondary N) is 1. The Hall–Kier alpha value is -1.30. The predicted octanol–water partition coefficient (Wildman–Crippen LogP) is 1.49. The van der Waals surface area contributed by atoms with E-state index in [9.17, 15) is 9.59 Å². The quantitative estimate of drug-likeness (QED) is 0.823. The summed E-state index contributed by atoms with van der Waals surface area (Å²) >= 11 is 0. The molecular weight excluding hydrogens is 270 g/mol. The Bertz CT molecular complexity index is 358. The summed E-state index contributed by atoms with van der Waals surface area (Å²) in [6, 6.07) is -0.0348. The van der Waals surface area contributed by atoms with Gasteiger partial charge in [-0.3, -0.25) is 4.79 Å². The molecule has 0 radical (unpaired) electrons. The van der Waals surface area contributed by atoms with Crippen molar-refractivity contribution in [1.29, 1.82) is 0 Å². The van der Waals surface area contributed by atoms with Gasteiger partial charge in [-0.25, -0.2) is 4.79 Å². The van der Waals surface area contributed by atoms with Gasteiger partial charge in [0.2, 0.25) is 5.91 Å². The molecule has 2 amide bonds. The van der Waals surface area contributed by atoms with Gasteiger partial charge in [0.1, 0.15) is 0 Å². The molecule has 0 aromatic rings. The molecule has 0 bridgehead atoms. The van der Waals surface area contributed by atoms with Gasteiger partial charge in [-0.15, -0.1) is 0 Å². The van der Waals surface area contributed by atoms with Crippen molar-refractivity contribution in [3.63, 3.8) is 0 Å². The Morgan fingerprint density at radius 2 is 1.90 bits per heavy atom. The molecule has 6 heteroatoms. The van der Waals surface area contributed by atoms with E-state index in [4.69, 9.17) is 10.5 Å². The maximum atomic E-state index is 12.0. The Balaban J connectivity index is 2.32. The molecule has 1 aliphatic heterocycles. The summed E-state index contributed by atoms with van der Waals surface area (Å²) in [6.07, 6.45) is 1.59. The molecule has 1 fully saturated rings. The lowest BCUT2D eigenvalue weighted by Crippen LogP contribution is -2.48. The van der Waals surface area contributed by atoms with Crippen LogP contribution in [0.1, 0.15) is 47.0 Å². The molecular formula is C15H29N3O3. The second-order valence-corrected chi connectivity index (χ2v) is 6.70. The van der Waals surface area contributed by atoms with E-state index >= 15 is 0 Å². The maximum absolute atomic E-state index is 12.0. The normalized spacial score (nSPS) is 18.2. The first-order valence-electron chi connectivity index (χ1n) is 7.70. The summed E-state index contributed by atoms with van der Waals surface area (Å²) in [7, 11) is 0. The SMILES string of the molecule is CCOC(=O)N1CCC(NC(=O)CC(N)C(C)(C)C)CC1. The zero-order valence-corrected chi connectivity index (χ0v) is 13.6. The number of hydrogen-bond acceptors (Lipinski definition) is 4. The molecule has 0 aromatic heterocycles. The molecule has 6 nitrogen and oxygen atoms in total. The smallest absolute Gasteiger partial charge is 0.409 e. The first-order valence-corrected chi connectivity index (χ1v) is 7.70. The van der Waals surface area contributed by atoms with E-state index in [-0.39, 0.29) is 29.5 Å². The lowest BCUT2D eigenvalue weighted by molar-refractivity contribution is -0.122. The van der Waals surface area contributed by atoms with Crippen molar-refractivity contribution in [1.82, 2.24) is 10.2 Å². The molecule has 3 N–H and O–H groups in total. The Kier molecular flexibility index (Phi) is 6.45. The lowest BCUT2D eigenvalue weighted by atomic mass is 9.85. The Morgan fingerprint density at radius 1 is 1.33 bits per heavy atom. The highest BCUT2D eigenvalue weighted by atomic mass is 16.6. The fourth-order valence-corrected chi connectivity index (χ4v) is 2.21. The van der Waals surface area contributed by atoms with Crippen LogP contribution in [0.4, 0.5) is 4.79 Å². The zero-order valence-electron chi connectivity index (χ0n) is 13.6. The lowest BCUT2D eigenvalue weighted by Gasteiger charge is -2.32. The van der Waals surface area contributed by atoms with Gasteiger partial charge in [0, 0.05) is 31.6 Å². The molecule has 0 spiro atoms. The second kappa shape index (κ2) is 7.64. The number of carbonyl (C=O) groups excluding carboxylic acids is 2. The minimum absolute atomic E-state index is 0.00740. The topological polar surface area (TPSA) is 84.7 Å². The van der Waals surface area contributed by atoms with Gasteiger partial charge < -0.3 is 20.7 Å². The second-order valence-electron chi connectivity index (χ2n) is 6.70. The van der Waals surface area contributed by atoms with Crippen LogP contribution in [0.25, 0.3) is 0 Å². The molecule has 1 atom stereocenters. The summed E-state index contributed by atoms with van der Waals surface area (Å²) in [4.78, 5) is 25.3. The third kappa shape index (κ3) is 5.91. The highest BCUT2D eigenvalue weighted by Crippen LogP contribution is 2.20. The van der Waals surface area contributed by atoms with Gasteiger partial charge in [0.15, 0.2) is 0 Å². The van der Waals surface area contributed by atoms with Crippen LogP contribution in [0.15, 0.2) is 0 Å². The van der Waals surface area contributed by atoms with E-state index in [2.05, 4.69) is 5.32 Å². The predicted molar refractivity (Wildman–Crippen MR) is 81.8 cm³/mol. The maximum Gasteiger partial charge on any atom is 0.409 e. The van der Waals surface area contributed by atoms with E-state index in [0.29, 0.717) is 26.1 Å². The molecule has 1 heterocycles. The molecule has 1 saturated heterocycles. The van der Waals surface area contributed by atoms with E-state index in [1.54, 1.807) is 11.8 Å². The van der Waals surface area contributed by atoms with E-state index < -0.39 is 0 Å². The number of amides is 2. The molecule has 0 aromatic carbocycles. The summed E-state index contributed by atoms with van der Waals surface area (Å²) in [5, 5.41) is 3.02. The molecule has 1 unspecified atom stereocenters. The number of ether oxygens (including phenoxy) is 1. The summed E-state index contributed by atoms with van der Waals surface area (Å²) in [5.41, 5.74) is 5.94. The number of carbonyl (C=O) groups is 2. The van der Waals surface area contributed by atoms with E-state index in [0.717, 1.165) is 12.8 Å². The molecule has 21 heavy (non-hydrogen) atoms. The highest BCUT2D eigenvalue weighted by Gasteiger charge is 2.27. The van der Waals surface area contributed by atoms with Crippen LogP contribution in [-0.4, -0.2) is 48.7 Å². The average Bonchev–Trinajstić information content (AvgIpc) is 2.38. The van der Waals surface area contributed by atoms with Crippen molar-refractivity contribution in [3.8, 4) is 0 Å². The minimum atomic E-state index is -0.267. The van der Waals surface area contributed by atoms with Crippen LogP contribution in [0.2, 0.25) is 0 Å². The van der Waals surface area contributed by atoms with Gasteiger partial charge in [-0.1, -0.05) is 20.8 Å². The van der Waals surface area contributed by atoms with Crippen LogP contribution in [-0.2, 0) is 9.53 Å².